The highest BCUT2D eigenvalue weighted by molar-refractivity contribution is 5.81. The van der Waals surface area contributed by atoms with Gasteiger partial charge in [0.05, 0.1) is 28.1 Å². The maximum absolute atomic E-state index is 13.0. The van der Waals surface area contributed by atoms with Gasteiger partial charge in [-0.15, -0.1) is 0 Å². The van der Waals surface area contributed by atoms with E-state index in [2.05, 4.69) is 15.3 Å². The summed E-state index contributed by atoms with van der Waals surface area (Å²) in [7, 11) is 0. The molecule has 0 aliphatic heterocycles. The Balaban J connectivity index is 1.62. The van der Waals surface area contributed by atoms with Gasteiger partial charge >= 0.3 is 5.69 Å². The number of aromatic nitrogens is 4. The minimum atomic E-state index is -0.274. The average molecular weight is 406 g/mol. The number of hydrogen-bond donors (Lipinski definition) is 2. The van der Waals surface area contributed by atoms with Crippen molar-refractivity contribution in [3.63, 3.8) is 0 Å². The molecule has 0 aliphatic rings. The summed E-state index contributed by atoms with van der Waals surface area (Å²) >= 11 is 0. The number of aryl methyl sites for hydroxylation is 1. The normalized spacial score (nSPS) is 12.7. The van der Waals surface area contributed by atoms with Crippen LogP contribution in [-0.4, -0.2) is 25.0 Å². The van der Waals surface area contributed by atoms with Crippen LogP contribution in [0.25, 0.3) is 22.1 Å². The fourth-order valence-corrected chi connectivity index (χ4v) is 3.90. The summed E-state index contributed by atoms with van der Waals surface area (Å²) in [5.74, 6) is 0.642. The molecule has 7 nitrogen and oxygen atoms in total. The first-order valence-corrected chi connectivity index (χ1v) is 10.4. The highest BCUT2D eigenvalue weighted by Gasteiger charge is 2.23. The van der Waals surface area contributed by atoms with Crippen molar-refractivity contribution in [3.05, 3.63) is 64.8 Å². The number of amides is 1. The van der Waals surface area contributed by atoms with Gasteiger partial charge in [-0.1, -0.05) is 45.0 Å². The summed E-state index contributed by atoms with van der Waals surface area (Å²) < 4.78 is 3.29. The van der Waals surface area contributed by atoms with Crippen LogP contribution in [0.15, 0.2) is 53.3 Å². The van der Waals surface area contributed by atoms with Crippen LogP contribution in [0, 0.1) is 5.92 Å². The van der Waals surface area contributed by atoms with Gasteiger partial charge in [0, 0.05) is 6.54 Å². The summed E-state index contributed by atoms with van der Waals surface area (Å²) in [6, 6.07) is 15.1. The average Bonchev–Trinajstić information content (AvgIpc) is 3.27. The van der Waals surface area contributed by atoms with Gasteiger partial charge in [0.1, 0.15) is 12.4 Å². The fourth-order valence-electron chi connectivity index (χ4n) is 3.90. The Hall–Kier alpha value is -3.35. The topological polar surface area (TPSA) is 84.7 Å². The Labute approximate surface area is 174 Å². The third-order valence-corrected chi connectivity index (χ3v) is 5.36. The molecule has 0 radical (unpaired) electrons. The SMILES string of the molecule is CCCn1c(=O)n(CC(=O)N[C@@H](c2nc3ccccc3[nH]2)C(C)C)c2ccccc21. The monoisotopic (exact) mass is 405 g/mol. The third-order valence-electron chi connectivity index (χ3n) is 5.36. The number of para-hydroxylation sites is 4. The van der Waals surface area contributed by atoms with E-state index in [4.69, 9.17) is 0 Å². The van der Waals surface area contributed by atoms with Crippen molar-refractivity contribution >= 4 is 28.0 Å². The summed E-state index contributed by atoms with van der Waals surface area (Å²) in [6.07, 6.45) is 0.849. The van der Waals surface area contributed by atoms with Gasteiger partial charge in [0.2, 0.25) is 5.91 Å². The molecule has 0 spiro atoms. The lowest BCUT2D eigenvalue weighted by molar-refractivity contribution is -0.122. The van der Waals surface area contributed by atoms with Crippen molar-refractivity contribution in [2.45, 2.75) is 46.3 Å². The zero-order valence-electron chi connectivity index (χ0n) is 17.6. The second-order valence-electron chi connectivity index (χ2n) is 7.94. The number of carbonyl (C=O) groups excluding carboxylic acids is 1. The van der Waals surface area contributed by atoms with E-state index in [0.29, 0.717) is 6.54 Å². The van der Waals surface area contributed by atoms with Crippen molar-refractivity contribution in [2.75, 3.05) is 0 Å². The van der Waals surface area contributed by atoms with Crippen LogP contribution in [0.1, 0.15) is 39.1 Å². The van der Waals surface area contributed by atoms with E-state index in [1.165, 1.54) is 0 Å². The Kier molecular flexibility index (Phi) is 5.44. The van der Waals surface area contributed by atoms with Crippen LogP contribution in [0.4, 0.5) is 0 Å². The number of carbonyl (C=O) groups is 1. The van der Waals surface area contributed by atoms with Crippen LogP contribution in [-0.2, 0) is 17.9 Å². The number of hydrogen-bond acceptors (Lipinski definition) is 3. The first-order chi connectivity index (χ1) is 14.5. The van der Waals surface area contributed by atoms with E-state index in [9.17, 15) is 9.59 Å². The number of rotatable bonds is 7. The third kappa shape index (κ3) is 3.63. The van der Waals surface area contributed by atoms with E-state index in [1.807, 2.05) is 69.3 Å². The molecule has 4 aromatic rings. The number of imidazole rings is 2. The van der Waals surface area contributed by atoms with Gasteiger partial charge in [-0.2, -0.15) is 0 Å². The van der Waals surface area contributed by atoms with Crippen molar-refractivity contribution in [2.24, 2.45) is 5.92 Å². The first-order valence-electron chi connectivity index (χ1n) is 10.4. The summed E-state index contributed by atoms with van der Waals surface area (Å²) in [6.45, 7) is 6.71. The lowest BCUT2D eigenvalue weighted by atomic mass is 10.0. The maximum Gasteiger partial charge on any atom is 0.329 e. The van der Waals surface area contributed by atoms with Gasteiger partial charge in [0.15, 0.2) is 0 Å². The molecular weight excluding hydrogens is 378 g/mol. The smallest absolute Gasteiger partial charge is 0.329 e. The molecule has 156 valence electrons. The summed E-state index contributed by atoms with van der Waals surface area (Å²) in [5.41, 5.74) is 3.28. The summed E-state index contributed by atoms with van der Waals surface area (Å²) in [4.78, 5) is 33.9. The van der Waals surface area contributed by atoms with Gasteiger partial charge in [0.25, 0.3) is 0 Å². The van der Waals surface area contributed by atoms with Crippen molar-refractivity contribution in [1.82, 2.24) is 24.4 Å². The van der Waals surface area contributed by atoms with Crippen LogP contribution in [0.2, 0.25) is 0 Å². The molecule has 2 aromatic carbocycles. The second kappa shape index (κ2) is 8.18. The van der Waals surface area contributed by atoms with E-state index < -0.39 is 0 Å². The number of benzene rings is 2. The quantitative estimate of drug-likeness (QED) is 0.493. The number of fused-ring (bicyclic) bond motifs is 2. The Morgan fingerprint density at radius 2 is 1.73 bits per heavy atom. The van der Waals surface area contributed by atoms with E-state index >= 15 is 0 Å². The van der Waals surface area contributed by atoms with Crippen LogP contribution < -0.4 is 11.0 Å². The number of nitrogens with one attached hydrogen (secondary N) is 2. The molecule has 4 rings (SSSR count). The fraction of sp³-hybridized carbons (Fsp3) is 0.348. The molecule has 30 heavy (non-hydrogen) atoms. The largest absolute Gasteiger partial charge is 0.344 e. The molecule has 2 aromatic heterocycles. The minimum absolute atomic E-state index is 0.0283. The predicted octanol–water partition coefficient (Wildman–Crippen LogP) is 3.60. The highest BCUT2D eigenvalue weighted by Crippen LogP contribution is 2.22. The maximum atomic E-state index is 13.0. The number of nitrogens with zero attached hydrogens (tertiary/aromatic N) is 3. The lowest BCUT2D eigenvalue weighted by Crippen LogP contribution is -2.37. The van der Waals surface area contributed by atoms with E-state index in [-0.39, 0.29) is 30.1 Å². The Morgan fingerprint density at radius 1 is 1.07 bits per heavy atom. The van der Waals surface area contributed by atoms with Gasteiger partial charge in [-0.3, -0.25) is 13.9 Å². The van der Waals surface area contributed by atoms with Crippen LogP contribution >= 0.6 is 0 Å². The molecule has 0 saturated heterocycles. The number of aromatic amines is 1. The van der Waals surface area contributed by atoms with Gasteiger partial charge in [-0.05, 0) is 36.6 Å². The molecule has 2 N–H and O–H groups in total. The van der Waals surface area contributed by atoms with Crippen LogP contribution in [0.5, 0.6) is 0 Å². The van der Waals surface area contributed by atoms with Gasteiger partial charge < -0.3 is 10.3 Å². The molecule has 0 unspecified atom stereocenters. The molecule has 0 saturated carbocycles. The van der Waals surface area contributed by atoms with Crippen molar-refractivity contribution < 1.29 is 4.79 Å². The molecular formula is C23H27N5O2. The van der Waals surface area contributed by atoms with Crippen molar-refractivity contribution in [1.29, 1.82) is 0 Å². The molecule has 1 atom stereocenters. The zero-order chi connectivity index (χ0) is 21.3. The molecule has 0 aliphatic carbocycles. The van der Waals surface area contributed by atoms with Gasteiger partial charge in [-0.25, -0.2) is 9.78 Å². The first kappa shape index (κ1) is 19.9. The second-order valence-corrected chi connectivity index (χ2v) is 7.94. The highest BCUT2D eigenvalue weighted by atomic mass is 16.2. The molecule has 7 heteroatoms. The Bertz CT molecular complexity index is 1210. The Morgan fingerprint density at radius 3 is 2.40 bits per heavy atom. The van der Waals surface area contributed by atoms with E-state index in [0.717, 1.165) is 34.3 Å². The van der Waals surface area contributed by atoms with Crippen LogP contribution in [0.3, 0.4) is 0 Å². The summed E-state index contributed by atoms with van der Waals surface area (Å²) in [5, 5.41) is 3.07. The lowest BCUT2D eigenvalue weighted by Gasteiger charge is -2.20. The predicted molar refractivity (Wildman–Crippen MR) is 118 cm³/mol. The standard InChI is InChI=1S/C23H27N5O2/c1-4-13-27-18-11-7-8-12-19(18)28(23(27)30)14-20(29)26-21(15(2)3)22-24-16-9-5-6-10-17(16)25-22/h5-12,15,21H,4,13-14H2,1-3H3,(H,24,25)(H,26,29)/t21-/m1/s1. The van der Waals surface area contributed by atoms with E-state index in [1.54, 1.807) is 9.13 Å². The number of H-pyrrole nitrogens is 1. The zero-order valence-corrected chi connectivity index (χ0v) is 17.6. The molecule has 0 bridgehead atoms. The minimum Gasteiger partial charge on any atom is -0.344 e. The molecule has 1 amide bonds. The molecule has 2 heterocycles. The molecule has 0 fully saturated rings. The van der Waals surface area contributed by atoms with Crippen molar-refractivity contribution in [3.8, 4) is 0 Å².